The lowest BCUT2D eigenvalue weighted by atomic mass is 9.96. The van der Waals surface area contributed by atoms with Crippen molar-refractivity contribution < 1.29 is 27.9 Å². The summed E-state index contributed by atoms with van der Waals surface area (Å²) in [5.74, 6) is -1.55. The molecule has 0 radical (unpaired) electrons. The van der Waals surface area contributed by atoms with Crippen LogP contribution < -0.4 is 10.2 Å². The standard InChI is InChI=1S/C23H18F3N3O3/c24-23(25,26)16-4-2-5-17(10-16)28-21(30)14-3-1-6-18(9-14)29-8-7-19-15(13-29)11-27-12-20(19)22(31)32/h1-6,9-12H,7-8,13H2,(H,28,30)(H,31,32). The summed E-state index contributed by atoms with van der Waals surface area (Å²) < 4.78 is 38.7. The Labute approximate surface area is 181 Å². The molecule has 1 aliphatic heterocycles. The van der Waals surface area contributed by atoms with E-state index in [4.69, 9.17) is 0 Å². The van der Waals surface area contributed by atoms with Crippen LogP contribution in [-0.2, 0) is 19.1 Å². The molecule has 0 saturated carbocycles. The number of carbonyl (C=O) groups is 2. The largest absolute Gasteiger partial charge is 0.478 e. The first kappa shape index (κ1) is 21.4. The molecule has 9 heteroatoms. The van der Waals surface area contributed by atoms with Gasteiger partial charge in [-0.2, -0.15) is 13.2 Å². The van der Waals surface area contributed by atoms with Gasteiger partial charge in [-0.25, -0.2) is 4.79 Å². The smallest absolute Gasteiger partial charge is 0.416 e. The Morgan fingerprint density at radius 1 is 1.06 bits per heavy atom. The number of rotatable bonds is 4. The average molecular weight is 441 g/mol. The molecule has 4 rings (SSSR count). The predicted molar refractivity (Wildman–Crippen MR) is 112 cm³/mol. The van der Waals surface area contributed by atoms with Crippen molar-refractivity contribution >= 4 is 23.3 Å². The number of hydrogen-bond acceptors (Lipinski definition) is 4. The Morgan fingerprint density at radius 3 is 2.59 bits per heavy atom. The van der Waals surface area contributed by atoms with Crippen LogP contribution >= 0.6 is 0 Å². The fraction of sp³-hybridized carbons (Fsp3) is 0.174. The van der Waals surface area contributed by atoms with Gasteiger partial charge in [-0.1, -0.05) is 12.1 Å². The molecule has 0 atom stereocenters. The summed E-state index contributed by atoms with van der Waals surface area (Å²) in [6.45, 7) is 0.984. The number of carboxylic acids is 1. The SMILES string of the molecule is O=C(Nc1cccc(C(F)(F)F)c1)c1cccc(N2CCc3c(cncc3C(=O)O)C2)c1. The molecule has 2 N–H and O–H groups in total. The molecule has 0 fully saturated rings. The van der Waals surface area contributed by atoms with Crippen LogP contribution in [0.1, 0.15) is 37.4 Å². The summed E-state index contributed by atoms with van der Waals surface area (Å²) in [6.07, 6.45) is -1.01. The molecule has 6 nitrogen and oxygen atoms in total. The molecule has 0 bridgehead atoms. The molecule has 1 aromatic heterocycles. The normalized spacial score (nSPS) is 13.4. The first-order valence-corrected chi connectivity index (χ1v) is 9.75. The zero-order valence-electron chi connectivity index (χ0n) is 16.7. The van der Waals surface area contributed by atoms with Crippen molar-refractivity contribution in [2.75, 3.05) is 16.8 Å². The second-order valence-electron chi connectivity index (χ2n) is 7.38. The predicted octanol–water partition coefficient (Wildman–Crippen LogP) is 4.61. The number of carbonyl (C=O) groups excluding carboxylic acids is 1. The van der Waals surface area contributed by atoms with Crippen molar-refractivity contribution in [2.45, 2.75) is 19.1 Å². The highest BCUT2D eigenvalue weighted by atomic mass is 19.4. The number of pyridine rings is 1. The summed E-state index contributed by atoms with van der Waals surface area (Å²) in [5, 5.41) is 11.8. The van der Waals surface area contributed by atoms with Gasteiger partial charge in [-0.15, -0.1) is 0 Å². The van der Waals surface area contributed by atoms with Crippen molar-refractivity contribution in [3.8, 4) is 0 Å². The zero-order chi connectivity index (χ0) is 22.9. The highest BCUT2D eigenvalue weighted by molar-refractivity contribution is 6.04. The summed E-state index contributed by atoms with van der Waals surface area (Å²) in [4.78, 5) is 30.1. The van der Waals surface area contributed by atoms with Gasteiger partial charge in [0, 0.05) is 42.4 Å². The molecule has 0 aliphatic carbocycles. The van der Waals surface area contributed by atoms with E-state index in [1.54, 1.807) is 24.4 Å². The number of aromatic carboxylic acids is 1. The minimum Gasteiger partial charge on any atom is -0.478 e. The summed E-state index contributed by atoms with van der Waals surface area (Å²) in [7, 11) is 0. The van der Waals surface area contributed by atoms with Crippen LogP contribution in [0.5, 0.6) is 0 Å². The molecule has 164 valence electrons. The van der Waals surface area contributed by atoms with Crippen molar-refractivity contribution in [3.63, 3.8) is 0 Å². The summed E-state index contributed by atoms with van der Waals surface area (Å²) in [6, 6.07) is 11.2. The first-order valence-electron chi connectivity index (χ1n) is 9.75. The van der Waals surface area contributed by atoms with Crippen molar-refractivity contribution in [3.05, 3.63) is 88.7 Å². The van der Waals surface area contributed by atoms with Gasteiger partial charge in [0.15, 0.2) is 0 Å². The van der Waals surface area contributed by atoms with Gasteiger partial charge in [-0.05, 0) is 53.9 Å². The Morgan fingerprint density at radius 2 is 1.84 bits per heavy atom. The van der Waals surface area contributed by atoms with Gasteiger partial charge in [0.1, 0.15) is 0 Å². The third-order valence-electron chi connectivity index (χ3n) is 5.29. The van der Waals surface area contributed by atoms with Crippen LogP contribution in [0, 0.1) is 0 Å². The molecular formula is C23H18F3N3O3. The van der Waals surface area contributed by atoms with Crippen LogP contribution in [0.3, 0.4) is 0 Å². The van der Waals surface area contributed by atoms with E-state index in [1.165, 1.54) is 18.3 Å². The topological polar surface area (TPSA) is 82.5 Å². The number of fused-ring (bicyclic) bond motifs is 1. The Bertz CT molecular complexity index is 1190. The Hall–Kier alpha value is -3.88. The Kier molecular flexibility index (Phi) is 5.56. The van der Waals surface area contributed by atoms with Crippen LogP contribution in [0.25, 0.3) is 0 Å². The zero-order valence-corrected chi connectivity index (χ0v) is 16.7. The van der Waals surface area contributed by atoms with Gasteiger partial charge in [0.05, 0.1) is 11.1 Å². The lowest BCUT2D eigenvalue weighted by Crippen LogP contribution is -2.31. The lowest BCUT2D eigenvalue weighted by molar-refractivity contribution is -0.137. The van der Waals surface area contributed by atoms with E-state index in [-0.39, 0.29) is 11.3 Å². The molecule has 2 heterocycles. The first-order chi connectivity index (χ1) is 15.2. The molecule has 3 aromatic rings. The Balaban J connectivity index is 1.53. The van der Waals surface area contributed by atoms with E-state index in [9.17, 15) is 27.9 Å². The van der Waals surface area contributed by atoms with E-state index >= 15 is 0 Å². The fourth-order valence-corrected chi connectivity index (χ4v) is 3.72. The quantitative estimate of drug-likeness (QED) is 0.618. The molecule has 0 saturated heterocycles. The van der Waals surface area contributed by atoms with E-state index < -0.39 is 23.6 Å². The fourth-order valence-electron chi connectivity index (χ4n) is 3.72. The van der Waals surface area contributed by atoms with E-state index in [0.717, 1.165) is 28.9 Å². The maximum absolute atomic E-state index is 12.9. The second-order valence-corrected chi connectivity index (χ2v) is 7.38. The molecule has 0 spiro atoms. The monoisotopic (exact) mass is 441 g/mol. The van der Waals surface area contributed by atoms with Crippen LogP contribution in [-0.4, -0.2) is 28.5 Å². The molecule has 1 amide bonds. The number of amides is 1. The van der Waals surface area contributed by atoms with Crippen LogP contribution in [0.4, 0.5) is 24.5 Å². The van der Waals surface area contributed by atoms with Gasteiger partial charge < -0.3 is 15.3 Å². The number of halogens is 3. The number of carboxylic acid groups (broad SMARTS) is 1. The summed E-state index contributed by atoms with van der Waals surface area (Å²) in [5.41, 5.74) is 1.99. The maximum Gasteiger partial charge on any atom is 0.416 e. The van der Waals surface area contributed by atoms with Crippen molar-refractivity contribution in [1.29, 1.82) is 0 Å². The molecule has 0 unspecified atom stereocenters. The molecule has 2 aromatic carbocycles. The minimum absolute atomic E-state index is 0.0504. The second kappa shape index (κ2) is 8.33. The highest BCUT2D eigenvalue weighted by Gasteiger charge is 2.30. The average Bonchev–Trinajstić information content (AvgIpc) is 2.78. The van der Waals surface area contributed by atoms with Gasteiger partial charge in [0.2, 0.25) is 0 Å². The maximum atomic E-state index is 12.9. The van der Waals surface area contributed by atoms with E-state index in [0.29, 0.717) is 25.1 Å². The third kappa shape index (κ3) is 4.41. The lowest BCUT2D eigenvalue weighted by Gasteiger charge is -2.31. The van der Waals surface area contributed by atoms with Crippen LogP contribution in [0.2, 0.25) is 0 Å². The summed E-state index contributed by atoms with van der Waals surface area (Å²) >= 11 is 0. The number of alkyl halides is 3. The highest BCUT2D eigenvalue weighted by Crippen LogP contribution is 2.31. The van der Waals surface area contributed by atoms with Crippen LogP contribution in [0.15, 0.2) is 60.9 Å². The number of anilines is 2. The van der Waals surface area contributed by atoms with Crippen molar-refractivity contribution in [1.82, 2.24) is 4.98 Å². The van der Waals surface area contributed by atoms with Gasteiger partial charge in [-0.3, -0.25) is 9.78 Å². The minimum atomic E-state index is -4.50. The van der Waals surface area contributed by atoms with E-state index in [1.807, 2.05) is 11.0 Å². The molecular weight excluding hydrogens is 423 g/mol. The van der Waals surface area contributed by atoms with Gasteiger partial charge >= 0.3 is 12.1 Å². The molecule has 32 heavy (non-hydrogen) atoms. The number of nitrogens with zero attached hydrogens (tertiary/aromatic N) is 2. The van der Waals surface area contributed by atoms with Gasteiger partial charge in [0.25, 0.3) is 5.91 Å². The molecule has 1 aliphatic rings. The van der Waals surface area contributed by atoms with Crippen molar-refractivity contribution in [2.24, 2.45) is 0 Å². The number of aromatic nitrogens is 1. The number of nitrogens with one attached hydrogen (secondary N) is 1. The number of benzene rings is 2. The van der Waals surface area contributed by atoms with E-state index in [2.05, 4.69) is 10.3 Å². The number of hydrogen-bond donors (Lipinski definition) is 2. The third-order valence-corrected chi connectivity index (χ3v) is 5.29.